The van der Waals surface area contributed by atoms with Crippen molar-refractivity contribution < 1.29 is 29.4 Å². The van der Waals surface area contributed by atoms with Crippen molar-refractivity contribution in [2.75, 3.05) is 13.1 Å². The van der Waals surface area contributed by atoms with Gasteiger partial charge in [-0.3, -0.25) is 19.2 Å². The fourth-order valence-corrected chi connectivity index (χ4v) is 2.97. The van der Waals surface area contributed by atoms with Gasteiger partial charge in [0.15, 0.2) is 0 Å². The maximum atomic E-state index is 12.7. The number of carbonyl (C=O) groups is 4. The molecule has 11 nitrogen and oxygen atoms in total. The van der Waals surface area contributed by atoms with Gasteiger partial charge >= 0.3 is 5.97 Å². The van der Waals surface area contributed by atoms with Gasteiger partial charge in [-0.25, -0.2) is 0 Å². The number of carbonyl (C=O) groups excluding carboxylic acids is 3. The van der Waals surface area contributed by atoms with E-state index in [9.17, 15) is 24.3 Å². The van der Waals surface area contributed by atoms with E-state index in [1.54, 1.807) is 0 Å². The molecule has 1 saturated heterocycles. The molecule has 0 aliphatic carbocycles. The molecule has 1 fully saturated rings. The van der Waals surface area contributed by atoms with Gasteiger partial charge in [0.05, 0.1) is 12.1 Å². The zero-order valence-electron chi connectivity index (χ0n) is 16.9. The molecule has 166 valence electrons. The number of carboxylic acids is 1. The van der Waals surface area contributed by atoms with E-state index in [0.29, 0.717) is 32.2 Å². The molecular formula is C18H33N5O6. The van der Waals surface area contributed by atoms with Crippen molar-refractivity contribution in [2.24, 2.45) is 5.73 Å². The molecule has 1 rings (SSSR count). The Bertz CT molecular complexity index is 579. The third kappa shape index (κ3) is 8.34. The molecule has 0 aromatic carbocycles. The Morgan fingerprint density at radius 2 is 1.79 bits per heavy atom. The van der Waals surface area contributed by atoms with Gasteiger partial charge in [0.1, 0.15) is 18.1 Å². The van der Waals surface area contributed by atoms with Gasteiger partial charge in [-0.1, -0.05) is 0 Å². The van der Waals surface area contributed by atoms with Gasteiger partial charge < -0.3 is 37.2 Å². The van der Waals surface area contributed by atoms with Gasteiger partial charge in [0.25, 0.3) is 0 Å². The lowest BCUT2D eigenvalue weighted by molar-refractivity contribution is -0.142. The normalized spacial score (nSPS) is 20.2. The quantitative estimate of drug-likeness (QED) is 0.175. The molecule has 8 N–H and O–H groups in total. The Morgan fingerprint density at radius 3 is 2.31 bits per heavy atom. The predicted molar refractivity (Wildman–Crippen MR) is 105 cm³/mol. The van der Waals surface area contributed by atoms with Crippen LogP contribution in [0.15, 0.2) is 0 Å². The summed E-state index contributed by atoms with van der Waals surface area (Å²) >= 11 is 0. The molecule has 11 heteroatoms. The van der Waals surface area contributed by atoms with Gasteiger partial charge in [0.2, 0.25) is 17.7 Å². The molecule has 29 heavy (non-hydrogen) atoms. The maximum Gasteiger partial charge on any atom is 0.325 e. The van der Waals surface area contributed by atoms with Crippen LogP contribution in [0.5, 0.6) is 0 Å². The second kappa shape index (κ2) is 12.3. The number of hydrogen-bond donors (Lipinski definition) is 7. The highest BCUT2D eigenvalue weighted by atomic mass is 16.4. The number of aliphatic hydroxyl groups is 1. The van der Waals surface area contributed by atoms with E-state index < -0.39 is 42.0 Å². The molecular weight excluding hydrogens is 382 g/mol. The van der Waals surface area contributed by atoms with Crippen LogP contribution < -0.4 is 27.0 Å². The monoisotopic (exact) mass is 415 g/mol. The minimum atomic E-state index is -1.36. The van der Waals surface area contributed by atoms with Crippen molar-refractivity contribution in [3.63, 3.8) is 0 Å². The Morgan fingerprint density at radius 1 is 1.10 bits per heavy atom. The largest absolute Gasteiger partial charge is 0.480 e. The average molecular weight is 415 g/mol. The number of unbranched alkanes of at least 4 members (excludes halogenated alkanes) is 1. The summed E-state index contributed by atoms with van der Waals surface area (Å²) in [5.41, 5.74) is 5.49. The van der Waals surface area contributed by atoms with Crippen LogP contribution in [0.3, 0.4) is 0 Å². The Kier molecular flexibility index (Phi) is 10.6. The Balaban J connectivity index is 2.80. The molecule has 0 radical (unpaired) electrons. The van der Waals surface area contributed by atoms with Crippen LogP contribution >= 0.6 is 0 Å². The topological polar surface area (TPSA) is 183 Å². The number of amides is 3. The number of nitrogens with one attached hydrogen (secondary N) is 4. The highest BCUT2D eigenvalue weighted by molar-refractivity contribution is 5.94. The van der Waals surface area contributed by atoms with Crippen molar-refractivity contribution in [1.82, 2.24) is 21.3 Å². The zero-order valence-corrected chi connectivity index (χ0v) is 16.9. The Hall–Kier alpha value is -2.24. The van der Waals surface area contributed by atoms with Crippen LogP contribution in [0.25, 0.3) is 0 Å². The van der Waals surface area contributed by atoms with Crippen LogP contribution in [-0.4, -0.2) is 77.3 Å². The fourth-order valence-electron chi connectivity index (χ4n) is 2.97. The third-order valence-electron chi connectivity index (χ3n) is 4.75. The van der Waals surface area contributed by atoms with E-state index in [0.717, 1.165) is 13.0 Å². The lowest BCUT2D eigenvalue weighted by atomic mass is 10.1. The molecule has 0 saturated carbocycles. The van der Waals surface area contributed by atoms with Gasteiger partial charge in [-0.05, 0) is 59.0 Å². The van der Waals surface area contributed by atoms with Crippen LogP contribution in [0, 0.1) is 0 Å². The first-order chi connectivity index (χ1) is 13.7. The molecule has 0 spiro atoms. The summed E-state index contributed by atoms with van der Waals surface area (Å²) in [4.78, 5) is 48.3. The Labute approximate surface area is 170 Å². The second-order valence-electron chi connectivity index (χ2n) is 7.29. The van der Waals surface area contributed by atoms with Crippen molar-refractivity contribution in [1.29, 1.82) is 0 Å². The minimum absolute atomic E-state index is 0.298. The molecule has 0 aromatic heterocycles. The number of aliphatic hydroxyl groups excluding tert-OH is 1. The summed E-state index contributed by atoms with van der Waals surface area (Å²) in [5.74, 6) is -3.00. The summed E-state index contributed by atoms with van der Waals surface area (Å²) in [5, 5.41) is 29.2. The lowest BCUT2D eigenvalue weighted by Gasteiger charge is -2.26. The van der Waals surface area contributed by atoms with Gasteiger partial charge in [-0.2, -0.15) is 0 Å². The highest BCUT2D eigenvalue weighted by Crippen LogP contribution is 2.08. The fraction of sp³-hybridized carbons (Fsp3) is 0.778. The first kappa shape index (κ1) is 24.8. The van der Waals surface area contributed by atoms with E-state index in [4.69, 9.17) is 10.8 Å². The second-order valence-corrected chi connectivity index (χ2v) is 7.29. The van der Waals surface area contributed by atoms with E-state index in [-0.39, 0.29) is 11.9 Å². The molecule has 5 atom stereocenters. The first-order valence-electron chi connectivity index (χ1n) is 9.92. The van der Waals surface area contributed by atoms with Crippen molar-refractivity contribution in [2.45, 2.75) is 76.2 Å². The highest BCUT2D eigenvalue weighted by Gasteiger charge is 2.32. The van der Waals surface area contributed by atoms with Crippen LogP contribution in [0.4, 0.5) is 0 Å². The average Bonchev–Trinajstić information content (AvgIpc) is 3.19. The molecule has 0 bridgehead atoms. The number of aliphatic carboxylic acids is 1. The molecule has 3 amide bonds. The van der Waals surface area contributed by atoms with Gasteiger partial charge in [-0.15, -0.1) is 0 Å². The van der Waals surface area contributed by atoms with Crippen LogP contribution in [0.1, 0.15) is 46.0 Å². The maximum absolute atomic E-state index is 12.7. The van der Waals surface area contributed by atoms with E-state index in [2.05, 4.69) is 21.3 Å². The number of hydrogen-bond acceptors (Lipinski definition) is 7. The number of rotatable bonds is 12. The van der Waals surface area contributed by atoms with E-state index >= 15 is 0 Å². The molecule has 1 heterocycles. The zero-order chi connectivity index (χ0) is 22.0. The van der Waals surface area contributed by atoms with Crippen LogP contribution in [-0.2, 0) is 19.2 Å². The lowest BCUT2D eigenvalue weighted by Crippen LogP contribution is -2.59. The first-order valence-corrected chi connectivity index (χ1v) is 9.92. The minimum Gasteiger partial charge on any atom is -0.480 e. The smallest absolute Gasteiger partial charge is 0.325 e. The summed E-state index contributed by atoms with van der Waals surface area (Å²) in [6.45, 7) is 3.75. The summed E-state index contributed by atoms with van der Waals surface area (Å²) in [7, 11) is 0. The summed E-state index contributed by atoms with van der Waals surface area (Å²) in [6.07, 6.45) is 1.85. The van der Waals surface area contributed by atoms with E-state index in [1.165, 1.54) is 13.8 Å². The molecule has 5 unspecified atom stereocenters. The molecule has 0 aromatic rings. The van der Waals surface area contributed by atoms with Crippen molar-refractivity contribution >= 4 is 23.7 Å². The molecule has 1 aliphatic rings. The third-order valence-corrected chi connectivity index (χ3v) is 4.75. The van der Waals surface area contributed by atoms with Crippen molar-refractivity contribution in [3.8, 4) is 0 Å². The number of nitrogens with two attached hydrogens (primary N) is 1. The van der Waals surface area contributed by atoms with Gasteiger partial charge in [0, 0.05) is 0 Å². The standard InChI is InChI=1S/C18H33N5O6/c1-10(18(28)29)21-17(27)14(11(2)24)23-16(26)13(6-3-4-8-19)22-15(25)12-7-5-9-20-12/h10-14,20,24H,3-9,19H2,1-2H3,(H,21,27)(H,22,25)(H,23,26)(H,28,29). The SMILES string of the molecule is CC(NC(=O)C(NC(=O)C(CCCCN)NC(=O)C1CCCN1)C(C)O)C(=O)O. The summed E-state index contributed by atoms with van der Waals surface area (Å²) < 4.78 is 0. The summed E-state index contributed by atoms with van der Waals surface area (Å²) in [6, 6.07) is -3.81. The molecule has 1 aliphatic heterocycles. The van der Waals surface area contributed by atoms with Crippen molar-refractivity contribution in [3.05, 3.63) is 0 Å². The van der Waals surface area contributed by atoms with Crippen LogP contribution in [0.2, 0.25) is 0 Å². The number of carboxylic acid groups (broad SMARTS) is 1. The van der Waals surface area contributed by atoms with E-state index in [1.807, 2.05) is 0 Å². The predicted octanol–water partition coefficient (Wildman–Crippen LogP) is -2.19.